The van der Waals surface area contributed by atoms with E-state index in [1.165, 1.54) is 68.9 Å². The lowest BCUT2D eigenvalue weighted by atomic mass is 9.93. The summed E-state index contributed by atoms with van der Waals surface area (Å²) in [6, 6.07) is -6.30. The second-order valence-corrected chi connectivity index (χ2v) is 18.6. The van der Waals surface area contributed by atoms with Gasteiger partial charge in [-0.15, -0.1) is 11.8 Å². The highest BCUT2D eigenvalue weighted by atomic mass is 32.2. The number of nitrogens with zero attached hydrogens (tertiary/aromatic N) is 4. The van der Waals surface area contributed by atoms with Crippen LogP contribution >= 0.6 is 11.8 Å². The third-order valence-electron chi connectivity index (χ3n) is 10.7. The Balaban J connectivity index is 6.70. The van der Waals surface area contributed by atoms with E-state index in [9.17, 15) is 43.2 Å². The van der Waals surface area contributed by atoms with E-state index >= 15 is 0 Å². The highest BCUT2D eigenvalue weighted by Gasteiger charge is 2.45. The summed E-state index contributed by atoms with van der Waals surface area (Å²) in [6.45, 7) is 21.7. The molecule has 0 aliphatic rings. The molecule has 7 atom stereocenters. The first-order valence-corrected chi connectivity index (χ1v) is 22.8. The summed E-state index contributed by atoms with van der Waals surface area (Å²) in [5.41, 5.74) is -1.56. The molecule has 0 spiro atoms. The van der Waals surface area contributed by atoms with Gasteiger partial charge in [0.25, 0.3) is 0 Å². The fourth-order valence-electron chi connectivity index (χ4n) is 6.96. The summed E-state index contributed by atoms with van der Waals surface area (Å²) in [7, 11) is 8.54. The number of carbonyl (C=O) groups is 9. The predicted molar refractivity (Wildman–Crippen MR) is 245 cm³/mol. The Morgan fingerprint density at radius 3 is 1.70 bits per heavy atom. The monoisotopic (exact) mass is 911 g/mol. The molecule has 0 saturated carbocycles. The molecular weight excluding hydrogens is 833 g/mol. The number of methoxy groups -OCH3 is 1. The number of esters is 1. The zero-order valence-electron chi connectivity index (χ0n) is 40.7. The van der Waals surface area contributed by atoms with E-state index in [0.717, 1.165) is 11.8 Å². The molecule has 0 bridgehead atoms. The first-order valence-electron chi connectivity index (χ1n) is 21.6. The van der Waals surface area contributed by atoms with Crippen molar-refractivity contribution in [2.24, 2.45) is 17.8 Å². The van der Waals surface area contributed by atoms with Crippen molar-refractivity contribution in [2.45, 2.75) is 143 Å². The molecule has 0 heterocycles. The molecule has 4 N–H and O–H groups in total. The number of hydrogen-bond donors (Lipinski definition) is 4. The van der Waals surface area contributed by atoms with Crippen molar-refractivity contribution < 1.29 is 47.9 Å². The lowest BCUT2D eigenvalue weighted by molar-refractivity contribution is -0.152. The number of aldehydes is 1. The standard InChI is InChI=1S/C44H78N8O10S/c1-18-19-35(54)49(13)34(23-63-24-36(55)62-17)42(60)52(16)44(25-53,22-28(6)7)48-37(29(8)9)43(61)51(15)33(21-27(4)5)40(58)47-38(56)30(10)46-31(11)41(59)50(14)32(20-26(2)3)39(57)45-12/h25-28,30-34,37,46,48H,8,18-24H2,1-7,9-17H3,(H,45,57)(H,47,56,58)/t30-,31+,32?,33+,34-,37-,44+/m1/s1. The maximum absolute atomic E-state index is 14.6. The van der Waals surface area contributed by atoms with Gasteiger partial charge in [-0.25, -0.2) is 0 Å². The molecule has 0 aromatic heterocycles. The molecule has 0 rings (SSSR count). The van der Waals surface area contributed by atoms with Crippen LogP contribution in [0, 0.1) is 17.8 Å². The molecule has 63 heavy (non-hydrogen) atoms. The quantitative estimate of drug-likeness (QED) is 0.0382. The highest BCUT2D eigenvalue weighted by Crippen LogP contribution is 2.25. The molecule has 0 fully saturated rings. The number of thioether (sulfide) groups is 1. The van der Waals surface area contributed by atoms with E-state index in [4.69, 9.17) is 4.74 Å². The zero-order valence-corrected chi connectivity index (χ0v) is 41.5. The molecule has 0 saturated heterocycles. The van der Waals surface area contributed by atoms with Crippen molar-refractivity contribution in [2.75, 3.05) is 53.9 Å². The number of hydrogen-bond acceptors (Lipinski definition) is 13. The zero-order chi connectivity index (χ0) is 49.1. The van der Waals surface area contributed by atoms with Crippen LogP contribution in [-0.2, 0) is 47.9 Å². The molecule has 1 unspecified atom stereocenters. The second kappa shape index (κ2) is 27.7. The molecule has 7 amide bonds. The third-order valence-corrected chi connectivity index (χ3v) is 11.7. The van der Waals surface area contributed by atoms with Gasteiger partial charge in [-0.3, -0.25) is 59.1 Å². The number of ether oxygens (including phenoxy) is 1. The van der Waals surface area contributed by atoms with Crippen LogP contribution in [0.15, 0.2) is 12.2 Å². The number of carbonyl (C=O) groups excluding carboxylic acids is 9. The van der Waals surface area contributed by atoms with Crippen LogP contribution in [0.2, 0.25) is 0 Å². The smallest absolute Gasteiger partial charge is 0.315 e. The van der Waals surface area contributed by atoms with E-state index in [1.54, 1.807) is 13.8 Å². The SMILES string of the molecule is C=C(C)[C@@H](N[C@@](C=O)(CC(C)C)N(C)C(=O)[C@@H](CSCC(=O)OC)N(C)C(=O)CCC)C(=O)N(C)[C@@H](CC(C)C)C(=O)NC(=O)[C@@H](C)N[C@@H](C)C(=O)N(C)C(CC(C)C)C(=O)NC. The number of imide groups is 1. The van der Waals surface area contributed by atoms with Crippen LogP contribution in [0.4, 0.5) is 0 Å². The van der Waals surface area contributed by atoms with Gasteiger partial charge in [0.2, 0.25) is 41.4 Å². The molecule has 0 radical (unpaired) electrons. The average molecular weight is 911 g/mol. The molecule has 0 aliphatic carbocycles. The maximum Gasteiger partial charge on any atom is 0.315 e. The first kappa shape index (κ1) is 58.6. The summed E-state index contributed by atoms with van der Waals surface area (Å²) in [5.74, 6) is -4.71. The van der Waals surface area contributed by atoms with Crippen molar-refractivity contribution in [1.82, 2.24) is 40.9 Å². The van der Waals surface area contributed by atoms with E-state index < -0.39 is 77.4 Å². The van der Waals surface area contributed by atoms with E-state index in [-0.39, 0.29) is 65.9 Å². The van der Waals surface area contributed by atoms with Crippen LogP contribution in [0.25, 0.3) is 0 Å². The topological polar surface area (TPSA) is 224 Å². The van der Waals surface area contributed by atoms with Gasteiger partial charge in [0, 0.05) is 47.4 Å². The summed E-state index contributed by atoms with van der Waals surface area (Å²) in [4.78, 5) is 126. The van der Waals surface area contributed by atoms with Crippen LogP contribution in [0.3, 0.4) is 0 Å². The Hall–Kier alpha value is -4.36. The van der Waals surface area contributed by atoms with Gasteiger partial charge >= 0.3 is 5.97 Å². The van der Waals surface area contributed by atoms with Crippen molar-refractivity contribution >= 4 is 65.4 Å². The van der Waals surface area contributed by atoms with Gasteiger partial charge in [-0.2, -0.15) is 0 Å². The molecular formula is C44H78N8O10S. The maximum atomic E-state index is 14.6. The Labute approximate surface area is 380 Å². The van der Waals surface area contributed by atoms with Gasteiger partial charge < -0.3 is 29.7 Å². The minimum absolute atomic E-state index is 0.00793. The first-order chi connectivity index (χ1) is 29.2. The molecule has 0 aliphatic heterocycles. The Bertz CT molecular complexity index is 1610. The second-order valence-electron chi connectivity index (χ2n) is 17.6. The van der Waals surface area contributed by atoms with Gasteiger partial charge in [0.05, 0.1) is 24.9 Å². The number of likely N-dealkylation sites (N-methyl/N-ethyl adjacent to an activating group) is 5. The molecule has 0 aromatic rings. The van der Waals surface area contributed by atoms with Crippen molar-refractivity contribution in [3.05, 3.63) is 12.2 Å². The third kappa shape index (κ3) is 18.0. The summed E-state index contributed by atoms with van der Waals surface area (Å²) >= 11 is 1.09. The summed E-state index contributed by atoms with van der Waals surface area (Å²) in [5, 5.41) is 11.0. The average Bonchev–Trinajstić information content (AvgIpc) is 3.22. The van der Waals surface area contributed by atoms with Crippen LogP contribution in [0.1, 0.15) is 101 Å². The van der Waals surface area contributed by atoms with Crippen LogP contribution < -0.4 is 21.3 Å². The minimum atomic E-state index is -1.82. The van der Waals surface area contributed by atoms with E-state index in [1.807, 2.05) is 48.5 Å². The van der Waals surface area contributed by atoms with E-state index in [2.05, 4.69) is 27.8 Å². The van der Waals surface area contributed by atoms with Gasteiger partial charge in [0.1, 0.15) is 24.2 Å². The fourth-order valence-corrected chi connectivity index (χ4v) is 7.95. The van der Waals surface area contributed by atoms with Crippen molar-refractivity contribution in [3.63, 3.8) is 0 Å². The van der Waals surface area contributed by atoms with Crippen LogP contribution in [-0.4, -0.2) is 169 Å². The minimum Gasteiger partial charge on any atom is -0.468 e. The summed E-state index contributed by atoms with van der Waals surface area (Å²) < 4.78 is 4.74. The predicted octanol–water partition coefficient (Wildman–Crippen LogP) is 1.96. The lowest BCUT2D eigenvalue weighted by Gasteiger charge is -2.44. The summed E-state index contributed by atoms with van der Waals surface area (Å²) in [6.07, 6.45) is 1.81. The Kier molecular flexibility index (Phi) is 25.8. The Morgan fingerprint density at radius 1 is 0.730 bits per heavy atom. The molecule has 18 nitrogen and oxygen atoms in total. The van der Waals surface area contributed by atoms with Crippen molar-refractivity contribution in [3.8, 4) is 0 Å². The Morgan fingerprint density at radius 2 is 1.25 bits per heavy atom. The van der Waals surface area contributed by atoms with Gasteiger partial charge in [-0.1, -0.05) is 60.6 Å². The normalized spacial score (nSPS) is 15.2. The highest BCUT2D eigenvalue weighted by molar-refractivity contribution is 8.00. The molecule has 19 heteroatoms. The van der Waals surface area contributed by atoms with Crippen molar-refractivity contribution in [1.29, 1.82) is 0 Å². The number of rotatable bonds is 28. The molecule has 0 aromatic carbocycles. The van der Waals surface area contributed by atoms with Gasteiger partial charge in [0.15, 0.2) is 11.9 Å². The largest absolute Gasteiger partial charge is 0.468 e. The van der Waals surface area contributed by atoms with E-state index in [0.29, 0.717) is 19.1 Å². The lowest BCUT2D eigenvalue weighted by Crippen LogP contribution is -2.69. The number of nitrogens with one attached hydrogen (secondary N) is 4. The molecule has 360 valence electrons. The van der Waals surface area contributed by atoms with Crippen LogP contribution in [0.5, 0.6) is 0 Å². The fraction of sp³-hybridized carbons (Fsp3) is 0.750. The number of amides is 7. The van der Waals surface area contributed by atoms with Gasteiger partial charge in [-0.05, 0) is 64.2 Å².